The number of anilines is 1. The van der Waals surface area contributed by atoms with Crippen LogP contribution in [0.3, 0.4) is 0 Å². The van der Waals surface area contributed by atoms with Gasteiger partial charge in [-0.15, -0.1) is 0 Å². The quantitative estimate of drug-likeness (QED) is 0.872. The maximum atomic E-state index is 12.7. The van der Waals surface area contributed by atoms with E-state index >= 15 is 0 Å². The summed E-state index contributed by atoms with van der Waals surface area (Å²) in [5.41, 5.74) is 7.06. The Kier molecular flexibility index (Phi) is 4.33. The predicted molar refractivity (Wildman–Crippen MR) is 82.3 cm³/mol. The van der Waals surface area contributed by atoms with Crippen LogP contribution in [0.4, 0.5) is 5.69 Å². The number of benzene rings is 1. The molecule has 1 saturated heterocycles. The van der Waals surface area contributed by atoms with Gasteiger partial charge in [-0.3, -0.25) is 0 Å². The first kappa shape index (κ1) is 15.6. The van der Waals surface area contributed by atoms with Crippen molar-refractivity contribution in [1.29, 1.82) is 0 Å². The van der Waals surface area contributed by atoms with E-state index in [0.717, 1.165) is 12.0 Å². The molecule has 2 N–H and O–H groups in total. The molecule has 0 spiro atoms. The zero-order valence-corrected chi connectivity index (χ0v) is 13.6. The van der Waals surface area contributed by atoms with E-state index in [2.05, 4.69) is 13.8 Å². The third kappa shape index (κ3) is 2.80. The van der Waals surface area contributed by atoms with Crippen molar-refractivity contribution in [3.63, 3.8) is 0 Å². The zero-order valence-electron chi connectivity index (χ0n) is 12.1. The molecule has 1 aliphatic rings. The Labute approximate surface area is 126 Å². The summed E-state index contributed by atoms with van der Waals surface area (Å²) in [6, 6.07) is 3.08. The van der Waals surface area contributed by atoms with Crippen molar-refractivity contribution >= 4 is 27.3 Å². The van der Waals surface area contributed by atoms with Gasteiger partial charge in [0.25, 0.3) is 0 Å². The van der Waals surface area contributed by atoms with Gasteiger partial charge in [-0.25, -0.2) is 8.42 Å². The summed E-state index contributed by atoms with van der Waals surface area (Å²) in [6.45, 7) is 7.16. The van der Waals surface area contributed by atoms with Crippen LogP contribution in [0.5, 0.6) is 0 Å². The van der Waals surface area contributed by atoms with Crippen molar-refractivity contribution in [2.75, 3.05) is 18.8 Å². The predicted octanol–water partition coefficient (Wildman–Crippen LogP) is 2.90. The maximum absolute atomic E-state index is 12.7. The molecule has 0 radical (unpaired) electrons. The van der Waals surface area contributed by atoms with Gasteiger partial charge in [0.1, 0.15) is 4.90 Å². The summed E-state index contributed by atoms with van der Waals surface area (Å²) in [4.78, 5) is 0.117. The van der Waals surface area contributed by atoms with E-state index in [0.29, 0.717) is 30.6 Å². The molecular weight excluding hydrogens is 296 g/mol. The van der Waals surface area contributed by atoms with Crippen LogP contribution in [0.15, 0.2) is 17.0 Å². The topological polar surface area (TPSA) is 63.4 Å². The molecule has 1 aliphatic heterocycles. The molecule has 1 heterocycles. The van der Waals surface area contributed by atoms with Crippen molar-refractivity contribution in [1.82, 2.24) is 4.31 Å². The standard InChI is InChI=1S/C14H21ClN2O2S/c1-9(2)11-4-5-17(8-11)20(18,19)14-7-13(16)10(3)6-12(14)15/h6-7,9,11H,4-5,8,16H2,1-3H3. The second-order valence-corrected chi connectivity index (χ2v) is 8.11. The van der Waals surface area contributed by atoms with Gasteiger partial charge in [0.2, 0.25) is 10.0 Å². The SMILES string of the molecule is Cc1cc(Cl)c(S(=O)(=O)N2CCC(C(C)C)C2)cc1N. The van der Waals surface area contributed by atoms with Crippen LogP contribution < -0.4 is 5.73 Å². The minimum atomic E-state index is -3.55. The Morgan fingerprint density at radius 2 is 2.05 bits per heavy atom. The highest BCUT2D eigenvalue weighted by atomic mass is 35.5. The normalized spacial score (nSPS) is 20.8. The van der Waals surface area contributed by atoms with Crippen LogP contribution >= 0.6 is 11.6 Å². The lowest BCUT2D eigenvalue weighted by Crippen LogP contribution is -2.29. The number of nitrogen functional groups attached to an aromatic ring is 1. The fourth-order valence-corrected chi connectivity index (χ4v) is 4.63. The molecule has 0 aromatic heterocycles. The molecule has 0 bridgehead atoms. The van der Waals surface area contributed by atoms with E-state index in [4.69, 9.17) is 17.3 Å². The Balaban J connectivity index is 2.35. The number of nitrogens with two attached hydrogens (primary N) is 1. The van der Waals surface area contributed by atoms with Crippen molar-refractivity contribution in [3.05, 3.63) is 22.7 Å². The fraction of sp³-hybridized carbons (Fsp3) is 0.571. The number of sulfonamides is 1. The molecule has 6 heteroatoms. The molecule has 4 nitrogen and oxygen atoms in total. The van der Waals surface area contributed by atoms with Crippen LogP contribution in [0, 0.1) is 18.8 Å². The highest BCUT2D eigenvalue weighted by Gasteiger charge is 2.34. The van der Waals surface area contributed by atoms with Crippen molar-refractivity contribution in [2.45, 2.75) is 32.1 Å². The summed E-state index contributed by atoms with van der Waals surface area (Å²) < 4.78 is 26.9. The minimum absolute atomic E-state index is 0.117. The second kappa shape index (κ2) is 5.54. The Morgan fingerprint density at radius 1 is 1.40 bits per heavy atom. The first-order chi connectivity index (χ1) is 9.23. The minimum Gasteiger partial charge on any atom is -0.398 e. The van der Waals surface area contributed by atoms with E-state index in [1.54, 1.807) is 6.07 Å². The lowest BCUT2D eigenvalue weighted by molar-refractivity contribution is 0.388. The van der Waals surface area contributed by atoms with Crippen LogP contribution in [-0.4, -0.2) is 25.8 Å². The fourth-order valence-electron chi connectivity index (χ4n) is 2.52. The van der Waals surface area contributed by atoms with Gasteiger partial charge in [-0.05, 0) is 42.9 Å². The zero-order chi connectivity index (χ0) is 15.1. The molecule has 1 unspecified atom stereocenters. The smallest absolute Gasteiger partial charge is 0.244 e. The number of hydrogen-bond acceptors (Lipinski definition) is 3. The average molecular weight is 317 g/mol. The van der Waals surface area contributed by atoms with Crippen LogP contribution in [-0.2, 0) is 10.0 Å². The van der Waals surface area contributed by atoms with Gasteiger partial charge < -0.3 is 5.73 Å². The maximum Gasteiger partial charge on any atom is 0.244 e. The number of aryl methyl sites for hydroxylation is 1. The summed E-state index contributed by atoms with van der Waals surface area (Å²) in [5.74, 6) is 0.889. The molecule has 0 saturated carbocycles. The van der Waals surface area contributed by atoms with E-state index in [9.17, 15) is 8.42 Å². The molecule has 0 amide bonds. The summed E-state index contributed by atoms with van der Waals surface area (Å²) >= 11 is 6.10. The molecule has 1 atom stereocenters. The van der Waals surface area contributed by atoms with E-state index in [1.807, 2.05) is 6.92 Å². The average Bonchev–Trinajstić information content (AvgIpc) is 2.83. The van der Waals surface area contributed by atoms with Crippen molar-refractivity contribution in [2.24, 2.45) is 11.8 Å². The summed E-state index contributed by atoms with van der Waals surface area (Å²) in [5, 5.41) is 0.240. The second-order valence-electron chi connectivity index (χ2n) is 5.80. The summed E-state index contributed by atoms with van der Waals surface area (Å²) in [6.07, 6.45) is 0.899. The lowest BCUT2D eigenvalue weighted by atomic mass is 9.96. The van der Waals surface area contributed by atoms with Crippen LogP contribution in [0.25, 0.3) is 0 Å². The van der Waals surface area contributed by atoms with Crippen molar-refractivity contribution in [3.8, 4) is 0 Å². The van der Waals surface area contributed by atoms with Gasteiger partial charge >= 0.3 is 0 Å². The monoisotopic (exact) mass is 316 g/mol. The third-order valence-electron chi connectivity index (χ3n) is 4.07. The van der Waals surface area contributed by atoms with Gasteiger partial charge in [0, 0.05) is 18.8 Å². The molecule has 1 fully saturated rings. The Morgan fingerprint density at radius 3 is 2.60 bits per heavy atom. The molecule has 0 aliphatic carbocycles. The number of rotatable bonds is 3. The van der Waals surface area contributed by atoms with E-state index < -0.39 is 10.0 Å². The number of nitrogens with zero attached hydrogens (tertiary/aromatic N) is 1. The first-order valence-electron chi connectivity index (χ1n) is 6.79. The van der Waals surface area contributed by atoms with Crippen LogP contribution in [0.2, 0.25) is 5.02 Å². The van der Waals surface area contributed by atoms with Gasteiger partial charge in [-0.1, -0.05) is 25.4 Å². The Hall–Kier alpha value is -0.780. The third-order valence-corrected chi connectivity index (χ3v) is 6.40. The highest BCUT2D eigenvalue weighted by molar-refractivity contribution is 7.89. The largest absolute Gasteiger partial charge is 0.398 e. The highest BCUT2D eigenvalue weighted by Crippen LogP contribution is 2.33. The van der Waals surface area contributed by atoms with E-state index in [1.165, 1.54) is 10.4 Å². The number of hydrogen-bond donors (Lipinski definition) is 1. The van der Waals surface area contributed by atoms with Gasteiger partial charge in [0.15, 0.2) is 0 Å². The van der Waals surface area contributed by atoms with Gasteiger partial charge in [-0.2, -0.15) is 4.31 Å². The molecule has 20 heavy (non-hydrogen) atoms. The Bertz CT molecular complexity index is 614. The molecule has 1 aromatic carbocycles. The van der Waals surface area contributed by atoms with E-state index in [-0.39, 0.29) is 9.92 Å². The van der Waals surface area contributed by atoms with Crippen LogP contribution in [0.1, 0.15) is 25.8 Å². The molecule has 1 aromatic rings. The molecule has 112 valence electrons. The van der Waals surface area contributed by atoms with Crippen molar-refractivity contribution < 1.29 is 8.42 Å². The number of halogens is 1. The molecular formula is C14H21ClN2O2S. The van der Waals surface area contributed by atoms with Gasteiger partial charge in [0.05, 0.1) is 5.02 Å². The summed E-state index contributed by atoms with van der Waals surface area (Å²) in [7, 11) is -3.55. The first-order valence-corrected chi connectivity index (χ1v) is 8.61. The lowest BCUT2D eigenvalue weighted by Gasteiger charge is -2.19. The molecule has 2 rings (SSSR count).